The number of halogens is 2. The summed E-state index contributed by atoms with van der Waals surface area (Å²) in [5.41, 5.74) is 0. The molecular weight excluding hydrogens is 289 g/mol. The fourth-order valence-corrected chi connectivity index (χ4v) is 4.00. The van der Waals surface area contributed by atoms with E-state index in [9.17, 15) is 4.21 Å². The van der Waals surface area contributed by atoms with E-state index in [0.717, 1.165) is 25.6 Å². The number of rotatable bonds is 4. The fraction of sp³-hybridized carbons (Fsp3) is 0.538. The molecule has 2 nitrogen and oxygen atoms in total. The third-order valence-electron chi connectivity index (χ3n) is 3.24. The van der Waals surface area contributed by atoms with Gasteiger partial charge in [-0.25, -0.2) is 0 Å². The average molecular weight is 306 g/mol. The van der Waals surface area contributed by atoms with Crippen molar-refractivity contribution in [2.75, 3.05) is 25.4 Å². The van der Waals surface area contributed by atoms with Gasteiger partial charge in [-0.05, 0) is 37.1 Å². The van der Waals surface area contributed by atoms with Crippen LogP contribution in [0.1, 0.15) is 13.3 Å². The van der Waals surface area contributed by atoms with Crippen LogP contribution in [0.3, 0.4) is 0 Å². The molecule has 0 aliphatic carbocycles. The SMILES string of the molecule is CC1CCN(CCS(=O)c2cc(Cl)ccc2Cl)C1. The predicted octanol–water partition coefficient (Wildman–Crippen LogP) is 3.44. The molecule has 1 saturated heterocycles. The van der Waals surface area contributed by atoms with E-state index in [1.807, 2.05) is 0 Å². The van der Waals surface area contributed by atoms with Crippen molar-refractivity contribution in [1.29, 1.82) is 0 Å². The normalized spacial score (nSPS) is 22.3. The number of nitrogens with zero attached hydrogens (tertiary/aromatic N) is 1. The van der Waals surface area contributed by atoms with Crippen LogP contribution < -0.4 is 0 Å². The Kier molecular flexibility index (Phi) is 5.07. The Morgan fingerprint density at radius 3 is 2.89 bits per heavy atom. The minimum atomic E-state index is -1.07. The van der Waals surface area contributed by atoms with Crippen molar-refractivity contribution in [1.82, 2.24) is 4.90 Å². The quantitative estimate of drug-likeness (QED) is 0.849. The summed E-state index contributed by atoms with van der Waals surface area (Å²) in [5.74, 6) is 1.38. The third-order valence-corrected chi connectivity index (χ3v) is 5.30. The topological polar surface area (TPSA) is 20.3 Å². The molecule has 0 N–H and O–H groups in total. The predicted molar refractivity (Wildman–Crippen MR) is 78.0 cm³/mol. The molecule has 2 unspecified atom stereocenters. The first-order valence-corrected chi connectivity index (χ1v) is 8.19. The maximum Gasteiger partial charge on any atom is 0.0589 e. The summed E-state index contributed by atoms with van der Waals surface area (Å²) in [4.78, 5) is 3.01. The van der Waals surface area contributed by atoms with Crippen LogP contribution in [0.15, 0.2) is 23.1 Å². The van der Waals surface area contributed by atoms with Crippen molar-refractivity contribution in [3.8, 4) is 0 Å². The van der Waals surface area contributed by atoms with Gasteiger partial charge in [0.15, 0.2) is 0 Å². The van der Waals surface area contributed by atoms with Gasteiger partial charge in [0.2, 0.25) is 0 Å². The minimum Gasteiger partial charge on any atom is -0.302 e. The van der Waals surface area contributed by atoms with Gasteiger partial charge in [-0.3, -0.25) is 4.21 Å². The van der Waals surface area contributed by atoms with Gasteiger partial charge in [-0.2, -0.15) is 0 Å². The van der Waals surface area contributed by atoms with E-state index in [2.05, 4.69) is 11.8 Å². The molecule has 1 fully saturated rings. The molecule has 100 valence electrons. The van der Waals surface area contributed by atoms with Crippen molar-refractivity contribution in [3.05, 3.63) is 28.2 Å². The van der Waals surface area contributed by atoms with Gasteiger partial charge in [0.1, 0.15) is 0 Å². The fourth-order valence-electron chi connectivity index (χ4n) is 2.20. The highest BCUT2D eigenvalue weighted by Crippen LogP contribution is 2.24. The molecule has 1 aromatic rings. The molecular formula is C13H17Cl2NOS. The Labute approximate surface area is 121 Å². The van der Waals surface area contributed by atoms with Crippen molar-refractivity contribution in [3.63, 3.8) is 0 Å². The first kappa shape index (κ1) is 14.3. The second kappa shape index (κ2) is 6.38. The highest BCUT2D eigenvalue weighted by atomic mass is 35.5. The smallest absolute Gasteiger partial charge is 0.0589 e. The lowest BCUT2D eigenvalue weighted by Gasteiger charge is -2.15. The number of likely N-dealkylation sites (tertiary alicyclic amines) is 1. The second-order valence-corrected chi connectivity index (χ2v) is 7.20. The van der Waals surface area contributed by atoms with E-state index >= 15 is 0 Å². The lowest BCUT2D eigenvalue weighted by atomic mass is 10.2. The molecule has 18 heavy (non-hydrogen) atoms. The Balaban J connectivity index is 1.93. The zero-order chi connectivity index (χ0) is 13.1. The van der Waals surface area contributed by atoms with Crippen LogP contribution >= 0.6 is 23.2 Å². The number of hydrogen-bond donors (Lipinski definition) is 0. The summed E-state index contributed by atoms with van der Waals surface area (Å²) in [5, 5.41) is 1.12. The molecule has 1 aliphatic heterocycles. The van der Waals surface area contributed by atoms with E-state index in [0.29, 0.717) is 20.7 Å². The molecule has 0 aromatic heterocycles. The summed E-state index contributed by atoms with van der Waals surface area (Å²) in [6, 6.07) is 5.12. The van der Waals surface area contributed by atoms with Crippen LogP contribution in [0.5, 0.6) is 0 Å². The van der Waals surface area contributed by atoms with E-state index < -0.39 is 10.8 Å². The highest BCUT2D eigenvalue weighted by molar-refractivity contribution is 7.85. The average Bonchev–Trinajstić information content (AvgIpc) is 2.75. The van der Waals surface area contributed by atoms with Gasteiger partial charge in [-0.1, -0.05) is 30.1 Å². The Morgan fingerprint density at radius 2 is 2.22 bits per heavy atom. The van der Waals surface area contributed by atoms with Crippen LogP contribution in [0.2, 0.25) is 10.0 Å². The molecule has 1 aromatic carbocycles. The summed E-state index contributed by atoms with van der Waals surface area (Å²) in [7, 11) is -1.07. The van der Waals surface area contributed by atoms with E-state index in [-0.39, 0.29) is 0 Å². The van der Waals surface area contributed by atoms with E-state index in [4.69, 9.17) is 23.2 Å². The van der Waals surface area contributed by atoms with Gasteiger partial charge >= 0.3 is 0 Å². The summed E-state index contributed by atoms with van der Waals surface area (Å²) >= 11 is 11.9. The van der Waals surface area contributed by atoms with Crippen molar-refractivity contribution >= 4 is 34.0 Å². The van der Waals surface area contributed by atoms with E-state index in [1.165, 1.54) is 6.42 Å². The minimum absolute atomic E-state index is 0.535. The maximum atomic E-state index is 12.2. The Morgan fingerprint density at radius 1 is 1.44 bits per heavy atom. The molecule has 1 aliphatic rings. The van der Waals surface area contributed by atoms with Gasteiger partial charge in [0, 0.05) is 23.9 Å². The van der Waals surface area contributed by atoms with Crippen molar-refractivity contribution in [2.45, 2.75) is 18.2 Å². The van der Waals surface area contributed by atoms with Crippen LogP contribution in [-0.4, -0.2) is 34.5 Å². The molecule has 0 saturated carbocycles. The maximum absolute atomic E-state index is 12.2. The van der Waals surface area contributed by atoms with Gasteiger partial charge in [0.05, 0.1) is 20.7 Å². The van der Waals surface area contributed by atoms with Crippen LogP contribution in [0.25, 0.3) is 0 Å². The summed E-state index contributed by atoms with van der Waals surface area (Å²) in [6.07, 6.45) is 1.24. The van der Waals surface area contributed by atoms with Crippen LogP contribution in [0, 0.1) is 5.92 Å². The number of benzene rings is 1. The second-order valence-electron chi connectivity index (χ2n) is 4.82. The lowest BCUT2D eigenvalue weighted by Crippen LogP contribution is -2.25. The molecule has 0 radical (unpaired) electrons. The van der Waals surface area contributed by atoms with Gasteiger partial charge in [0.25, 0.3) is 0 Å². The first-order valence-electron chi connectivity index (χ1n) is 6.12. The monoisotopic (exact) mass is 305 g/mol. The molecule has 0 spiro atoms. The third kappa shape index (κ3) is 3.70. The number of hydrogen-bond acceptors (Lipinski definition) is 2. The lowest BCUT2D eigenvalue weighted by molar-refractivity contribution is 0.348. The Hall–Kier alpha value is -0.0900. The molecule has 5 heteroatoms. The molecule has 1 heterocycles. The summed E-state index contributed by atoms with van der Waals surface area (Å²) < 4.78 is 12.2. The Bertz CT molecular complexity index is 453. The molecule has 0 amide bonds. The standard InChI is InChI=1S/C13H17Cl2NOS/c1-10-4-5-16(9-10)6-7-18(17)13-8-11(14)2-3-12(13)15/h2-3,8,10H,4-7,9H2,1H3. The zero-order valence-electron chi connectivity index (χ0n) is 10.4. The summed E-state index contributed by atoms with van der Waals surface area (Å²) in [6.45, 7) is 5.34. The largest absolute Gasteiger partial charge is 0.302 e. The molecule has 2 atom stereocenters. The van der Waals surface area contributed by atoms with E-state index in [1.54, 1.807) is 18.2 Å². The van der Waals surface area contributed by atoms with Gasteiger partial charge < -0.3 is 4.90 Å². The zero-order valence-corrected chi connectivity index (χ0v) is 12.7. The molecule has 0 bridgehead atoms. The van der Waals surface area contributed by atoms with Crippen molar-refractivity contribution in [2.24, 2.45) is 5.92 Å². The first-order chi connectivity index (χ1) is 8.56. The van der Waals surface area contributed by atoms with Crippen LogP contribution in [-0.2, 0) is 10.8 Å². The highest BCUT2D eigenvalue weighted by Gasteiger charge is 2.19. The van der Waals surface area contributed by atoms with Crippen molar-refractivity contribution < 1.29 is 4.21 Å². The van der Waals surface area contributed by atoms with Gasteiger partial charge in [-0.15, -0.1) is 0 Å². The van der Waals surface area contributed by atoms with Crippen LogP contribution in [0.4, 0.5) is 0 Å². The molecule has 2 rings (SSSR count).